The second-order valence-corrected chi connectivity index (χ2v) is 28.8. The van der Waals surface area contributed by atoms with Crippen LogP contribution in [0.15, 0.2) is 5.11 Å². The molecule has 0 amide bonds. The van der Waals surface area contributed by atoms with Crippen LogP contribution in [0.2, 0.25) is 54.4 Å². The third-order valence-electron chi connectivity index (χ3n) is 8.69. The van der Waals surface area contributed by atoms with Gasteiger partial charge in [0.25, 0.3) is 0 Å². The monoisotopic (exact) mass is 547 g/mol. The first-order valence-electron chi connectivity index (χ1n) is 12.8. The zero-order valence-corrected chi connectivity index (χ0v) is 28.0. The second kappa shape index (κ2) is 10.9. The summed E-state index contributed by atoms with van der Waals surface area (Å²) in [7, 11) is -6.69. The van der Waals surface area contributed by atoms with Crippen LogP contribution in [0.1, 0.15) is 62.3 Å². The summed E-state index contributed by atoms with van der Waals surface area (Å²) in [6, 6.07) is 0. The minimum atomic E-state index is -2.32. The number of aliphatic hydroxyl groups excluding tert-OH is 1. The Morgan fingerprint density at radius 2 is 1.17 bits per heavy atom. The molecule has 0 aromatic carbocycles. The minimum Gasteiger partial charge on any atom is -0.414 e. The SMILES string of the molecule is CC(C)(C)[Si](C)(C)OC[C@H]1O[C@@H](N=[N+]=[N-])[C@H](O)[C@@H](O[Si](C)(C)C(C)(C)C)[C@@H]1O[Si](C)(C)C(C)(C)C. The Bertz CT molecular complexity index is 766. The van der Waals surface area contributed by atoms with Gasteiger partial charge in [0.2, 0.25) is 0 Å². The molecule has 0 aliphatic carbocycles. The first-order valence-corrected chi connectivity index (χ1v) is 21.5. The van der Waals surface area contributed by atoms with E-state index in [1.54, 1.807) is 0 Å². The summed E-state index contributed by atoms with van der Waals surface area (Å²) in [6.45, 7) is 33.0. The average Bonchev–Trinajstić information content (AvgIpc) is 2.63. The van der Waals surface area contributed by atoms with Crippen molar-refractivity contribution in [1.82, 2.24) is 0 Å². The molecule has 1 aliphatic rings. The van der Waals surface area contributed by atoms with Crippen molar-refractivity contribution >= 4 is 25.0 Å². The number of azide groups is 1. The van der Waals surface area contributed by atoms with Gasteiger partial charge < -0.3 is 23.1 Å². The van der Waals surface area contributed by atoms with Gasteiger partial charge in [-0.05, 0) is 59.9 Å². The summed E-state index contributed by atoms with van der Waals surface area (Å²) in [5.74, 6) is 0. The molecule has 8 nitrogen and oxygen atoms in total. The highest BCUT2D eigenvalue weighted by Crippen LogP contribution is 2.44. The Morgan fingerprint density at radius 3 is 1.54 bits per heavy atom. The Kier molecular flexibility index (Phi) is 10.2. The van der Waals surface area contributed by atoms with Gasteiger partial charge >= 0.3 is 0 Å². The van der Waals surface area contributed by atoms with Gasteiger partial charge in [-0.3, -0.25) is 0 Å². The summed E-state index contributed by atoms with van der Waals surface area (Å²) in [4.78, 5) is 2.94. The van der Waals surface area contributed by atoms with E-state index in [0.717, 1.165) is 0 Å². The van der Waals surface area contributed by atoms with Crippen molar-refractivity contribution in [3.63, 3.8) is 0 Å². The van der Waals surface area contributed by atoms with E-state index >= 15 is 0 Å². The van der Waals surface area contributed by atoms with E-state index in [-0.39, 0.29) is 21.7 Å². The van der Waals surface area contributed by atoms with Crippen LogP contribution in [-0.2, 0) is 18.0 Å². The van der Waals surface area contributed by atoms with Gasteiger partial charge in [0.1, 0.15) is 24.4 Å². The molecule has 1 rings (SSSR count). The fraction of sp³-hybridized carbons (Fsp3) is 1.00. The zero-order valence-electron chi connectivity index (χ0n) is 25.0. The minimum absolute atomic E-state index is 0.0260. The van der Waals surface area contributed by atoms with Crippen LogP contribution in [0.5, 0.6) is 0 Å². The molecule has 0 aromatic heterocycles. The van der Waals surface area contributed by atoms with Crippen LogP contribution in [0.3, 0.4) is 0 Å². The highest BCUT2D eigenvalue weighted by Gasteiger charge is 2.54. The van der Waals surface area contributed by atoms with Crippen LogP contribution in [0, 0.1) is 0 Å². The number of ether oxygens (including phenoxy) is 1. The molecule has 1 aliphatic heterocycles. The predicted molar refractivity (Wildman–Crippen MR) is 151 cm³/mol. The van der Waals surface area contributed by atoms with E-state index < -0.39 is 55.6 Å². The summed E-state index contributed by atoms with van der Waals surface area (Å²) in [5, 5.41) is 15.0. The Hall–Kier alpha value is -0.239. The normalized spacial score (nSPS) is 27.5. The van der Waals surface area contributed by atoms with E-state index in [1.165, 1.54) is 0 Å². The lowest BCUT2D eigenvalue weighted by molar-refractivity contribution is -0.218. The number of nitrogens with zero attached hydrogens (tertiary/aromatic N) is 3. The van der Waals surface area contributed by atoms with Crippen molar-refractivity contribution in [3.8, 4) is 0 Å². The van der Waals surface area contributed by atoms with Crippen LogP contribution in [0.4, 0.5) is 0 Å². The third-order valence-corrected chi connectivity index (χ3v) is 22.1. The number of hydrogen-bond acceptors (Lipinski definition) is 6. The van der Waals surface area contributed by atoms with Crippen molar-refractivity contribution in [3.05, 3.63) is 10.4 Å². The molecule has 0 unspecified atom stereocenters. The van der Waals surface area contributed by atoms with E-state index in [2.05, 4.69) is 112 Å². The van der Waals surface area contributed by atoms with Crippen molar-refractivity contribution in [1.29, 1.82) is 0 Å². The molecule has 11 heteroatoms. The molecule has 206 valence electrons. The maximum absolute atomic E-state index is 11.3. The van der Waals surface area contributed by atoms with E-state index in [9.17, 15) is 10.6 Å². The molecule has 0 aromatic rings. The lowest BCUT2D eigenvalue weighted by Crippen LogP contribution is -2.65. The average molecular weight is 548 g/mol. The first-order chi connectivity index (χ1) is 15.4. The maximum Gasteiger partial charge on any atom is 0.192 e. The van der Waals surface area contributed by atoms with Gasteiger partial charge in [-0.2, -0.15) is 0 Å². The largest absolute Gasteiger partial charge is 0.414 e. The van der Waals surface area contributed by atoms with Gasteiger partial charge in [0.15, 0.2) is 31.2 Å². The maximum atomic E-state index is 11.3. The highest BCUT2D eigenvalue weighted by molar-refractivity contribution is 6.75. The molecule has 1 N–H and O–H groups in total. The highest BCUT2D eigenvalue weighted by atomic mass is 28.4. The van der Waals surface area contributed by atoms with Gasteiger partial charge in [0.05, 0.1) is 6.61 Å². The van der Waals surface area contributed by atoms with Gasteiger partial charge in [-0.25, -0.2) is 0 Å². The van der Waals surface area contributed by atoms with Crippen LogP contribution in [0.25, 0.3) is 10.4 Å². The van der Waals surface area contributed by atoms with Crippen molar-refractivity contribution < 1.29 is 23.1 Å². The first kappa shape index (κ1) is 32.8. The summed E-state index contributed by atoms with van der Waals surface area (Å²) in [5.41, 5.74) is 9.18. The molecule has 35 heavy (non-hydrogen) atoms. The van der Waals surface area contributed by atoms with Crippen LogP contribution in [-0.4, -0.2) is 67.3 Å². The Morgan fingerprint density at radius 1 is 0.771 bits per heavy atom. The fourth-order valence-corrected chi connectivity index (χ4v) is 6.65. The molecule has 5 atom stereocenters. The van der Waals surface area contributed by atoms with E-state index in [0.29, 0.717) is 0 Å². The molecule has 0 bridgehead atoms. The number of aliphatic hydroxyl groups is 1. The van der Waals surface area contributed by atoms with Gasteiger partial charge in [-0.1, -0.05) is 67.4 Å². The molecule has 0 spiro atoms. The predicted octanol–water partition coefficient (Wildman–Crippen LogP) is 7.19. The topological polar surface area (TPSA) is 106 Å². The Labute approximate surface area is 217 Å². The van der Waals surface area contributed by atoms with Crippen molar-refractivity contribution in [2.75, 3.05) is 6.61 Å². The molecule has 0 saturated carbocycles. The summed E-state index contributed by atoms with van der Waals surface area (Å²) < 4.78 is 26.5. The molecular formula is C24H53N3O5Si3. The van der Waals surface area contributed by atoms with Gasteiger partial charge in [-0.15, -0.1) is 0 Å². The fourth-order valence-electron chi connectivity index (χ4n) is 3.01. The molecule has 0 radical (unpaired) electrons. The smallest absolute Gasteiger partial charge is 0.192 e. The quantitative estimate of drug-likeness (QED) is 0.150. The lowest BCUT2D eigenvalue weighted by Gasteiger charge is -2.51. The summed E-state index contributed by atoms with van der Waals surface area (Å²) in [6.07, 6.45) is -3.98. The van der Waals surface area contributed by atoms with E-state index in [4.69, 9.17) is 18.0 Å². The number of rotatable bonds is 8. The molecule has 1 heterocycles. The lowest BCUT2D eigenvalue weighted by atomic mass is 9.99. The number of hydrogen-bond donors (Lipinski definition) is 1. The van der Waals surface area contributed by atoms with Gasteiger partial charge in [0, 0.05) is 4.91 Å². The summed E-state index contributed by atoms with van der Waals surface area (Å²) >= 11 is 0. The molecule has 1 saturated heterocycles. The third kappa shape index (κ3) is 7.88. The van der Waals surface area contributed by atoms with Crippen molar-refractivity contribution in [2.24, 2.45) is 5.11 Å². The standard InChI is InChI=1S/C24H53N3O5Si3/c1-22(2,3)33(10,11)29-16-17-19(31-34(12,13)23(4,5)6)20(18(28)21(30-17)26-27-25)32-35(14,15)24(7,8)9/h17-21,28H,16H2,1-15H3/t17-,18-,19-,20-,21-/m1/s1. The Balaban J connectivity index is 3.55. The molecular weight excluding hydrogens is 495 g/mol. The van der Waals surface area contributed by atoms with Crippen molar-refractivity contribution in [2.45, 2.75) is 147 Å². The second-order valence-electron chi connectivity index (χ2n) is 14.5. The van der Waals surface area contributed by atoms with Crippen LogP contribution < -0.4 is 0 Å². The van der Waals surface area contributed by atoms with Crippen LogP contribution >= 0.6 is 0 Å². The molecule has 1 fully saturated rings. The zero-order chi connectivity index (χ0) is 27.8. The van der Waals surface area contributed by atoms with E-state index in [1.807, 2.05) is 0 Å².